The highest BCUT2D eigenvalue weighted by Crippen LogP contribution is 2.23. The first-order chi connectivity index (χ1) is 10.6. The molecule has 0 radical (unpaired) electrons. The number of likely N-dealkylation sites (tertiary alicyclic amines) is 1. The van der Waals surface area contributed by atoms with Gasteiger partial charge < -0.3 is 10.0 Å². The molecule has 1 aromatic heterocycles. The van der Waals surface area contributed by atoms with Crippen LogP contribution in [-0.2, 0) is 0 Å². The van der Waals surface area contributed by atoms with Gasteiger partial charge in [0.25, 0.3) is 5.91 Å². The normalized spacial score (nSPS) is 19.4. The van der Waals surface area contributed by atoms with Crippen molar-refractivity contribution in [2.45, 2.75) is 38.3 Å². The lowest BCUT2D eigenvalue weighted by atomic mass is 10.1. The number of carbonyl (C=O) groups excluding carboxylic acids is 1. The van der Waals surface area contributed by atoms with Crippen LogP contribution in [0.4, 0.5) is 0 Å². The Kier molecular flexibility index (Phi) is 4.20. The molecule has 22 heavy (non-hydrogen) atoms. The van der Waals surface area contributed by atoms with E-state index >= 15 is 0 Å². The first-order valence-corrected chi connectivity index (χ1v) is 7.61. The Morgan fingerprint density at radius 1 is 1.41 bits per heavy atom. The third kappa shape index (κ3) is 3.01. The zero-order valence-electron chi connectivity index (χ0n) is 12.6. The summed E-state index contributed by atoms with van der Waals surface area (Å²) in [6, 6.07) is 9.66. The number of carbonyl (C=O) groups is 1. The maximum absolute atomic E-state index is 12.6. The number of aromatic nitrogens is 3. The van der Waals surface area contributed by atoms with Crippen molar-refractivity contribution in [1.82, 2.24) is 19.7 Å². The van der Waals surface area contributed by atoms with Crippen LogP contribution in [0.15, 0.2) is 36.7 Å². The van der Waals surface area contributed by atoms with Crippen LogP contribution in [0, 0.1) is 0 Å². The van der Waals surface area contributed by atoms with Gasteiger partial charge in [0, 0.05) is 12.6 Å². The van der Waals surface area contributed by atoms with E-state index in [9.17, 15) is 9.90 Å². The van der Waals surface area contributed by atoms with Crippen LogP contribution in [0.5, 0.6) is 0 Å². The number of hydrogen-bond acceptors (Lipinski definition) is 4. The maximum Gasteiger partial charge on any atom is 0.293 e. The number of para-hydroxylation sites is 1. The SMILES string of the molecule is CC(O)CC1CCCN1C(=O)c1ncn(-c2ccccc2)n1. The minimum atomic E-state index is -0.409. The molecule has 2 heterocycles. The van der Waals surface area contributed by atoms with E-state index in [1.165, 1.54) is 0 Å². The average Bonchev–Trinajstić information content (AvgIpc) is 3.16. The first-order valence-electron chi connectivity index (χ1n) is 7.61. The van der Waals surface area contributed by atoms with E-state index in [1.54, 1.807) is 22.8 Å². The molecule has 0 bridgehead atoms. The summed E-state index contributed by atoms with van der Waals surface area (Å²) in [4.78, 5) is 18.5. The summed E-state index contributed by atoms with van der Waals surface area (Å²) in [6.07, 6.45) is 3.64. The fourth-order valence-electron chi connectivity index (χ4n) is 2.94. The molecule has 116 valence electrons. The van der Waals surface area contributed by atoms with Gasteiger partial charge in [-0.25, -0.2) is 9.67 Å². The number of aliphatic hydroxyl groups is 1. The molecule has 0 aliphatic carbocycles. The molecule has 0 saturated carbocycles. The van der Waals surface area contributed by atoms with E-state index < -0.39 is 6.10 Å². The Morgan fingerprint density at radius 2 is 2.18 bits per heavy atom. The second-order valence-electron chi connectivity index (χ2n) is 5.73. The number of aliphatic hydroxyl groups excluding tert-OH is 1. The molecular formula is C16H20N4O2. The predicted octanol–water partition coefficient (Wildman–Crippen LogP) is 1.64. The van der Waals surface area contributed by atoms with Crippen LogP contribution in [0.1, 0.15) is 36.8 Å². The van der Waals surface area contributed by atoms with E-state index in [4.69, 9.17) is 0 Å². The summed E-state index contributed by atoms with van der Waals surface area (Å²) in [5, 5.41) is 13.9. The second kappa shape index (κ2) is 6.27. The Bertz CT molecular complexity index is 639. The Morgan fingerprint density at radius 3 is 2.91 bits per heavy atom. The lowest BCUT2D eigenvalue weighted by Crippen LogP contribution is -2.37. The van der Waals surface area contributed by atoms with E-state index in [-0.39, 0.29) is 17.8 Å². The van der Waals surface area contributed by atoms with Crippen molar-refractivity contribution in [2.75, 3.05) is 6.54 Å². The van der Waals surface area contributed by atoms with Crippen LogP contribution in [0.2, 0.25) is 0 Å². The van der Waals surface area contributed by atoms with Gasteiger partial charge in [-0.3, -0.25) is 4.79 Å². The molecule has 1 amide bonds. The third-order valence-electron chi connectivity index (χ3n) is 3.96. The van der Waals surface area contributed by atoms with Crippen LogP contribution in [0.25, 0.3) is 5.69 Å². The van der Waals surface area contributed by atoms with Crippen molar-refractivity contribution < 1.29 is 9.90 Å². The minimum absolute atomic E-state index is 0.0798. The third-order valence-corrected chi connectivity index (χ3v) is 3.96. The van der Waals surface area contributed by atoms with E-state index in [0.29, 0.717) is 13.0 Å². The molecule has 1 aromatic carbocycles. The zero-order chi connectivity index (χ0) is 15.5. The number of benzene rings is 1. The van der Waals surface area contributed by atoms with Crippen molar-refractivity contribution in [3.63, 3.8) is 0 Å². The standard InChI is InChI=1S/C16H20N4O2/c1-12(21)10-14-8-5-9-19(14)16(22)15-17-11-20(18-15)13-6-3-2-4-7-13/h2-4,6-7,11-12,14,21H,5,8-10H2,1H3. The quantitative estimate of drug-likeness (QED) is 0.932. The van der Waals surface area contributed by atoms with Gasteiger partial charge in [-0.15, -0.1) is 5.10 Å². The second-order valence-corrected chi connectivity index (χ2v) is 5.73. The lowest BCUT2D eigenvalue weighted by molar-refractivity contribution is 0.0670. The van der Waals surface area contributed by atoms with Gasteiger partial charge in [0.2, 0.25) is 5.82 Å². The van der Waals surface area contributed by atoms with Crippen molar-refractivity contribution >= 4 is 5.91 Å². The van der Waals surface area contributed by atoms with Gasteiger partial charge in [0.05, 0.1) is 11.8 Å². The zero-order valence-corrected chi connectivity index (χ0v) is 12.6. The summed E-state index contributed by atoms with van der Waals surface area (Å²) < 4.78 is 1.60. The monoisotopic (exact) mass is 300 g/mol. The van der Waals surface area contributed by atoms with Crippen LogP contribution in [0.3, 0.4) is 0 Å². The predicted molar refractivity (Wildman–Crippen MR) is 81.7 cm³/mol. The van der Waals surface area contributed by atoms with Crippen LogP contribution < -0.4 is 0 Å². The van der Waals surface area contributed by atoms with E-state index in [1.807, 2.05) is 30.3 Å². The largest absolute Gasteiger partial charge is 0.393 e. The first kappa shape index (κ1) is 14.7. The Labute approximate surface area is 129 Å². The number of rotatable bonds is 4. The molecule has 2 aromatic rings. The summed E-state index contributed by atoms with van der Waals surface area (Å²) in [7, 11) is 0. The molecule has 0 spiro atoms. The van der Waals surface area contributed by atoms with Crippen molar-refractivity contribution in [2.24, 2.45) is 0 Å². The summed E-state index contributed by atoms with van der Waals surface area (Å²) in [5.41, 5.74) is 0.871. The summed E-state index contributed by atoms with van der Waals surface area (Å²) in [5.74, 6) is 0.0548. The highest BCUT2D eigenvalue weighted by Gasteiger charge is 2.31. The maximum atomic E-state index is 12.6. The Hall–Kier alpha value is -2.21. The molecular weight excluding hydrogens is 280 g/mol. The van der Waals surface area contributed by atoms with Crippen molar-refractivity contribution in [3.05, 3.63) is 42.5 Å². The average molecular weight is 300 g/mol. The molecule has 1 N–H and O–H groups in total. The molecule has 1 aliphatic rings. The van der Waals surface area contributed by atoms with Crippen molar-refractivity contribution in [1.29, 1.82) is 0 Å². The van der Waals surface area contributed by atoms with Gasteiger partial charge in [0.1, 0.15) is 6.33 Å². The highest BCUT2D eigenvalue weighted by molar-refractivity contribution is 5.90. The smallest absolute Gasteiger partial charge is 0.293 e. The summed E-state index contributed by atoms with van der Waals surface area (Å²) in [6.45, 7) is 2.46. The minimum Gasteiger partial charge on any atom is -0.393 e. The van der Waals surface area contributed by atoms with Gasteiger partial charge in [-0.1, -0.05) is 18.2 Å². The summed E-state index contributed by atoms with van der Waals surface area (Å²) >= 11 is 0. The topological polar surface area (TPSA) is 71.2 Å². The van der Waals surface area contributed by atoms with Gasteiger partial charge in [0.15, 0.2) is 0 Å². The van der Waals surface area contributed by atoms with Gasteiger partial charge >= 0.3 is 0 Å². The molecule has 1 saturated heterocycles. The van der Waals surface area contributed by atoms with Crippen LogP contribution >= 0.6 is 0 Å². The molecule has 2 unspecified atom stereocenters. The fraction of sp³-hybridized carbons (Fsp3) is 0.438. The number of hydrogen-bond donors (Lipinski definition) is 1. The van der Waals surface area contributed by atoms with Crippen LogP contribution in [-0.4, -0.2) is 49.4 Å². The van der Waals surface area contributed by atoms with Crippen molar-refractivity contribution in [3.8, 4) is 5.69 Å². The Balaban J connectivity index is 1.77. The lowest BCUT2D eigenvalue weighted by Gasteiger charge is -2.24. The highest BCUT2D eigenvalue weighted by atomic mass is 16.3. The molecule has 1 aliphatic heterocycles. The van der Waals surface area contributed by atoms with E-state index in [0.717, 1.165) is 18.5 Å². The molecule has 3 rings (SSSR count). The van der Waals surface area contributed by atoms with E-state index in [2.05, 4.69) is 10.1 Å². The molecule has 1 fully saturated rings. The molecule has 6 heteroatoms. The number of amides is 1. The molecule has 6 nitrogen and oxygen atoms in total. The van der Waals surface area contributed by atoms with Gasteiger partial charge in [-0.2, -0.15) is 0 Å². The number of nitrogens with zero attached hydrogens (tertiary/aromatic N) is 4. The fourth-order valence-corrected chi connectivity index (χ4v) is 2.94. The van der Waals surface area contributed by atoms with Gasteiger partial charge in [-0.05, 0) is 38.3 Å². The molecule has 2 atom stereocenters.